The Balaban J connectivity index is 1.85. The van der Waals surface area contributed by atoms with Gasteiger partial charge in [0.1, 0.15) is 10.2 Å². The molecule has 1 aromatic carbocycles. The molecule has 1 atom stereocenters. The Morgan fingerprint density at radius 3 is 2.85 bits per heavy atom. The van der Waals surface area contributed by atoms with Crippen molar-refractivity contribution in [2.45, 2.75) is 32.4 Å². The smallest absolute Gasteiger partial charge is 0.273 e. The SMILES string of the molecule is Cc1ccc(Cn2c(N3CCC[C@@H](N)C3)nc3c(Br)csc3c2=O)cc1. The van der Waals surface area contributed by atoms with Crippen LogP contribution in [-0.2, 0) is 6.54 Å². The molecule has 4 rings (SSSR count). The molecule has 0 saturated carbocycles. The molecule has 0 amide bonds. The molecule has 0 radical (unpaired) electrons. The number of piperidine rings is 1. The Labute approximate surface area is 164 Å². The molecule has 1 aliphatic heterocycles. The molecule has 1 saturated heterocycles. The fourth-order valence-electron chi connectivity index (χ4n) is 3.41. The van der Waals surface area contributed by atoms with Gasteiger partial charge >= 0.3 is 0 Å². The number of fused-ring (bicyclic) bond motifs is 1. The first kappa shape index (κ1) is 17.7. The van der Waals surface area contributed by atoms with E-state index in [0.717, 1.165) is 47.4 Å². The lowest BCUT2D eigenvalue weighted by atomic mass is 10.1. The normalized spacial score (nSPS) is 17.8. The molecule has 0 bridgehead atoms. The van der Waals surface area contributed by atoms with Gasteiger partial charge in [0.05, 0.1) is 11.0 Å². The van der Waals surface area contributed by atoms with Crippen molar-refractivity contribution in [3.8, 4) is 0 Å². The van der Waals surface area contributed by atoms with Gasteiger partial charge in [-0.3, -0.25) is 9.36 Å². The number of hydrogen-bond donors (Lipinski definition) is 1. The van der Waals surface area contributed by atoms with Gasteiger partial charge in [0.25, 0.3) is 5.56 Å². The lowest BCUT2D eigenvalue weighted by Gasteiger charge is -2.33. The number of benzene rings is 1. The van der Waals surface area contributed by atoms with Crippen LogP contribution in [-0.4, -0.2) is 28.7 Å². The zero-order valence-electron chi connectivity index (χ0n) is 14.6. The van der Waals surface area contributed by atoms with E-state index in [9.17, 15) is 4.79 Å². The van der Waals surface area contributed by atoms with Crippen molar-refractivity contribution in [2.75, 3.05) is 18.0 Å². The fraction of sp³-hybridized carbons (Fsp3) is 0.368. The maximum atomic E-state index is 13.2. The molecular formula is C19H21BrN4OS. The van der Waals surface area contributed by atoms with Crippen LogP contribution in [0.25, 0.3) is 10.2 Å². The van der Waals surface area contributed by atoms with Crippen molar-refractivity contribution in [2.24, 2.45) is 5.73 Å². The molecule has 0 spiro atoms. The maximum Gasteiger partial charge on any atom is 0.273 e. The second-order valence-corrected chi connectivity index (χ2v) is 8.63. The van der Waals surface area contributed by atoms with Gasteiger partial charge in [0.2, 0.25) is 5.95 Å². The molecule has 26 heavy (non-hydrogen) atoms. The summed E-state index contributed by atoms with van der Waals surface area (Å²) in [6.45, 7) is 4.18. The van der Waals surface area contributed by atoms with E-state index in [2.05, 4.69) is 52.0 Å². The summed E-state index contributed by atoms with van der Waals surface area (Å²) in [6.07, 6.45) is 2.04. The number of halogens is 1. The summed E-state index contributed by atoms with van der Waals surface area (Å²) in [6, 6.07) is 8.41. The van der Waals surface area contributed by atoms with Crippen LogP contribution in [0.4, 0.5) is 5.95 Å². The van der Waals surface area contributed by atoms with Crippen molar-refractivity contribution in [1.82, 2.24) is 9.55 Å². The first-order chi connectivity index (χ1) is 12.5. The first-order valence-corrected chi connectivity index (χ1v) is 10.4. The third kappa shape index (κ3) is 3.31. The van der Waals surface area contributed by atoms with E-state index in [4.69, 9.17) is 10.7 Å². The predicted octanol–water partition coefficient (Wildman–Crippen LogP) is 3.50. The summed E-state index contributed by atoms with van der Waals surface area (Å²) < 4.78 is 3.36. The number of anilines is 1. The van der Waals surface area contributed by atoms with E-state index in [1.807, 2.05) is 5.38 Å². The Bertz CT molecular complexity index is 995. The van der Waals surface area contributed by atoms with Crippen LogP contribution in [0, 0.1) is 6.92 Å². The highest BCUT2D eigenvalue weighted by atomic mass is 79.9. The van der Waals surface area contributed by atoms with Crippen LogP contribution >= 0.6 is 27.3 Å². The zero-order chi connectivity index (χ0) is 18.3. The monoisotopic (exact) mass is 432 g/mol. The van der Waals surface area contributed by atoms with Crippen molar-refractivity contribution in [3.05, 3.63) is 55.6 Å². The number of rotatable bonds is 3. The van der Waals surface area contributed by atoms with E-state index in [1.165, 1.54) is 16.9 Å². The number of aryl methyl sites for hydroxylation is 1. The molecule has 3 aromatic rings. The van der Waals surface area contributed by atoms with Crippen LogP contribution in [0.5, 0.6) is 0 Å². The molecule has 1 fully saturated rings. The lowest BCUT2D eigenvalue weighted by Crippen LogP contribution is -2.45. The van der Waals surface area contributed by atoms with Gasteiger partial charge in [-0.1, -0.05) is 29.8 Å². The minimum atomic E-state index is 0.0143. The van der Waals surface area contributed by atoms with Gasteiger partial charge in [-0.25, -0.2) is 4.98 Å². The van der Waals surface area contributed by atoms with Crippen LogP contribution in [0.15, 0.2) is 38.9 Å². The van der Waals surface area contributed by atoms with Gasteiger partial charge in [0.15, 0.2) is 0 Å². The number of thiophene rings is 1. The van der Waals surface area contributed by atoms with Gasteiger partial charge in [-0.2, -0.15) is 0 Å². The summed E-state index contributed by atoms with van der Waals surface area (Å²) >= 11 is 4.96. The summed E-state index contributed by atoms with van der Waals surface area (Å²) in [5.74, 6) is 0.720. The largest absolute Gasteiger partial charge is 0.341 e. The summed E-state index contributed by atoms with van der Waals surface area (Å²) in [5.41, 5.74) is 9.24. The second kappa shape index (κ2) is 7.13. The minimum absolute atomic E-state index is 0.0143. The topological polar surface area (TPSA) is 64.2 Å². The molecule has 7 heteroatoms. The van der Waals surface area contributed by atoms with Crippen LogP contribution in [0.2, 0.25) is 0 Å². The maximum absolute atomic E-state index is 13.2. The average molecular weight is 433 g/mol. The first-order valence-electron chi connectivity index (χ1n) is 8.76. The van der Waals surface area contributed by atoms with Crippen molar-refractivity contribution < 1.29 is 0 Å². The highest BCUT2D eigenvalue weighted by molar-refractivity contribution is 9.10. The molecule has 3 heterocycles. The van der Waals surface area contributed by atoms with Crippen molar-refractivity contribution >= 4 is 43.4 Å². The zero-order valence-corrected chi connectivity index (χ0v) is 17.0. The van der Waals surface area contributed by atoms with E-state index in [-0.39, 0.29) is 11.6 Å². The highest BCUT2D eigenvalue weighted by Gasteiger charge is 2.23. The van der Waals surface area contributed by atoms with Gasteiger partial charge in [-0.15, -0.1) is 11.3 Å². The molecule has 0 aliphatic carbocycles. The van der Waals surface area contributed by atoms with Crippen molar-refractivity contribution in [3.63, 3.8) is 0 Å². The predicted molar refractivity (Wildman–Crippen MR) is 111 cm³/mol. The van der Waals surface area contributed by atoms with Gasteiger partial charge < -0.3 is 10.6 Å². The van der Waals surface area contributed by atoms with Gasteiger partial charge in [-0.05, 0) is 41.3 Å². The van der Waals surface area contributed by atoms with E-state index in [0.29, 0.717) is 11.2 Å². The molecule has 2 aromatic heterocycles. The fourth-order valence-corrected chi connectivity index (χ4v) is 4.92. The molecule has 5 nitrogen and oxygen atoms in total. The molecule has 0 unspecified atom stereocenters. The molecule has 2 N–H and O–H groups in total. The number of hydrogen-bond acceptors (Lipinski definition) is 5. The lowest BCUT2D eigenvalue weighted by molar-refractivity contribution is 0.492. The van der Waals surface area contributed by atoms with Gasteiger partial charge in [0, 0.05) is 24.5 Å². The average Bonchev–Trinajstić information content (AvgIpc) is 3.00. The number of aromatic nitrogens is 2. The van der Waals surface area contributed by atoms with E-state index >= 15 is 0 Å². The van der Waals surface area contributed by atoms with E-state index < -0.39 is 0 Å². The summed E-state index contributed by atoms with van der Waals surface area (Å²) in [4.78, 5) is 20.2. The Kier molecular flexibility index (Phi) is 4.86. The van der Waals surface area contributed by atoms with Crippen molar-refractivity contribution in [1.29, 1.82) is 0 Å². The molecule has 136 valence electrons. The molecule has 1 aliphatic rings. The highest BCUT2D eigenvalue weighted by Crippen LogP contribution is 2.29. The Morgan fingerprint density at radius 1 is 1.35 bits per heavy atom. The minimum Gasteiger partial charge on any atom is -0.341 e. The third-order valence-corrected chi connectivity index (χ3v) is 6.68. The Morgan fingerprint density at radius 2 is 2.12 bits per heavy atom. The Hall–Kier alpha value is -1.70. The number of nitrogens with two attached hydrogens (primary N) is 1. The standard InChI is InChI=1S/C19H21BrN4OS/c1-12-4-6-13(7-5-12)9-24-18(25)17-16(15(20)11-26-17)22-19(24)23-8-2-3-14(21)10-23/h4-7,11,14H,2-3,8-10,21H2,1H3/t14-/m1/s1. The van der Waals surface area contributed by atoms with Crippen LogP contribution < -0.4 is 16.2 Å². The van der Waals surface area contributed by atoms with E-state index in [1.54, 1.807) is 4.57 Å². The van der Waals surface area contributed by atoms with Crippen LogP contribution in [0.3, 0.4) is 0 Å². The molecular weight excluding hydrogens is 412 g/mol. The third-order valence-electron chi connectivity index (χ3n) is 4.82. The summed E-state index contributed by atoms with van der Waals surface area (Å²) in [7, 11) is 0. The quantitative estimate of drug-likeness (QED) is 0.687. The second-order valence-electron chi connectivity index (χ2n) is 6.90. The number of nitrogens with zero attached hydrogens (tertiary/aromatic N) is 3. The van der Waals surface area contributed by atoms with Crippen LogP contribution in [0.1, 0.15) is 24.0 Å². The summed E-state index contributed by atoms with van der Waals surface area (Å²) in [5, 5.41) is 1.93.